The van der Waals surface area contributed by atoms with Crippen LogP contribution in [0.1, 0.15) is 28.5 Å². The fourth-order valence-electron chi connectivity index (χ4n) is 3.52. The van der Waals surface area contributed by atoms with E-state index < -0.39 is 57.4 Å². The number of rotatable bonds is 4. The molecule has 0 saturated heterocycles. The number of fused-ring (bicyclic) bond motifs is 1. The Kier molecular flexibility index (Phi) is 5.86. The lowest BCUT2D eigenvalue weighted by molar-refractivity contribution is -0.140. The Bertz CT molecular complexity index is 1560. The summed E-state index contributed by atoms with van der Waals surface area (Å²) in [4.78, 5) is 30.0. The maximum atomic E-state index is 14.6. The molecule has 0 fully saturated rings. The van der Waals surface area contributed by atoms with Crippen LogP contribution in [0.15, 0.2) is 47.3 Å². The molecule has 0 saturated carbocycles. The van der Waals surface area contributed by atoms with E-state index in [4.69, 9.17) is 10.00 Å². The van der Waals surface area contributed by atoms with Crippen LogP contribution in [0, 0.1) is 23.0 Å². The number of aromatic amines is 1. The number of ether oxygens (including phenoxy) is 1. The van der Waals surface area contributed by atoms with Gasteiger partial charge in [-0.25, -0.2) is 18.6 Å². The lowest BCUT2D eigenvalue weighted by Crippen LogP contribution is -2.26. The van der Waals surface area contributed by atoms with Crippen LogP contribution in [-0.2, 0) is 10.9 Å². The molecule has 2 heterocycles. The topological polar surface area (TPSA) is 100 Å². The maximum absolute atomic E-state index is 14.6. The summed E-state index contributed by atoms with van der Waals surface area (Å²) in [5.74, 6) is -3.48. The number of H-pyrrole nitrogens is 1. The zero-order valence-electron chi connectivity index (χ0n) is 17.7. The molecule has 0 radical (unpaired) electrons. The molecule has 2 aromatic heterocycles. The van der Waals surface area contributed by atoms with Crippen LogP contribution in [0.25, 0.3) is 28.0 Å². The molecular weight excluding hydrogens is 475 g/mol. The van der Waals surface area contributed by atoms with Gasteiger partial charge in [0.25, 0.3) is 5.56 Å². The third-order valence-corrected chi connectivity index (χ3v) is 5.03. The Labute approximate surface area is 193 Å². The fourth-order valence-corrected chi connectivity index (χ4v) is 3.52. The lowest BCUT2D eigenvalue weighted by Gasteiger charge is -2.10. The summed E-state index contributed by atoms with van der Waals surface area (Å²) in [6, 6.07) is 9.22. The second kappa shape index (κ2) is 8.68. The van der Waals surface area contributed by atoms with Gasteiger partial charge in [0.05, 0.1) is 29.5 Å². The van der Waals surface area contributed by atoms with Crippen LogP contribution in [0.5, 0.6) is 0 Å². The number of hydrogen-bond acceptors (Lipinski definition) is 5. The summed E-state index contributed by atoms with van der Waals surface area (Å²) in [6.07, 6.45) is -5.10. The van der Waals surface area contributed by atoms with Crippen molar-refractivity contribution < 1.29 is 31.5 Å². The number of alkyl halides is 3. The molecule has 0 unspecified atom stereocenters. The highest BCUT2D eigenvalue weighted by Gasteiger charge is 2.39. The number of aromatic nitrogens is 3. The van der Waals surface area contributed by atoms with Gasteiger partial charge in [-0.1, -0.05) is 12.1 Å². The van der Waals surface area contributed by atoms with Gasteiger partial charge < -0.3 is 4.74 Å². The summed E-state index contributed by atoms with van der Waals surface area (Å²) in [6.45, 7) is 1.33. The van der Waals surface area contributed by atoms with Crippen molar-refractivity contribution in [2.75, 3.05) is 6.61 Å². The zero-order chi connectivity index (χ0) is 25.5. The molecule has 4 rings (SSSR count). The largest absolute Gasteiger partial charge is 0.462 e. The average molecular weight is 488 g/mol. The van der Waals surface area contributed by atoms with Crippen LogP contribution in [0.2, 0.25) is 0 Å². The first-order chi connectivity index (χ1) is 16.6. The number of carbonyl (C=O) groups is 1. The molecule has 12 heteroatoms. The molecule has 0 aliphatic rings. The number of nitrogens with zero attached hydrogens (tertiary/aromatic N) is 3. The Morgan fingerprint density at radius 1 is 1.17 bits per heavy atom. The van der Waals surface area contributed by atoms with Crippen molar-refractivity contribution in [2.45, 2.75) is 13.1 Å². The predicted molar refractivity (Wildman–Crippen MR) is 112 cm³/mol. The maximum Gasteiger partial charge on any atom is 0.433 e. The van der Waals surface area contributed by atoms with E-state index in [0.29, 0.717) is 10.6 Å². The van der Waals surface area contributed by atoms with Crippen LogP contribution in [0.3, 0.4) is 0 Å². The molecule has 0 spiro atoms. The second-order valence-electron chi connectivity index (χ2n) is 7.19. The van der Waals surface area contributed by atoms with E-state index in [0.717, 1.165) is 12.1 Å². The molecule has 0 amide bonds. The molecule has 178 valence electrons. The van der Waals surface area contributed by atoms with Gasteiger partial charge in [-0.15, -0.1) is 0 Å². The van der Waals surface area contributed by atoms with Gasteiger partial charge in [-0.05, 0) is 31.2 Å². The Hall–Kier alpha value is -4.53. The van der Waals surface area contributed by atoms with E-state index in [9.17, 15) is 31.5 Å². The van der Waals surface area contributed by atoms with Gasteiger partial charge in [0, 0.05) is 17.2 Å². The first-order valence-corrected chi connectivity index (χ1v) is 9.95. The highest BCUT2D eigenvalue weighted by atomic mass is 19.4. The number of hydrogen-bond donors (Lipinski definition) is 1. The van der Waals surface area contributed by atoms with Gasteiger partial charge in [0.1, 0.15) is 17.3 Å². The summed E-state index contributed by atoms with van der Waals surface area (Å²) in [5, 5.41) is 10.9. The Morgan fingerprint density at radius 2 is 1.86 bits per heavy atom. The first kappa shape index (κ1) is 23.6. The summed E-state index contributed by atoms with van der Waals surface area (Å²) < 4.78 is 75.0. The zero-order valence-corrected chi connectivity index (χ0v) is 17.7. The summed E-state index contributed by atoms with van der Waals surface area (Å²) >= 11 is 0. The number of nitrogens with one attached hydrogen (secondary N) is 1. The van der Waals surface area contributed by atoms with Gasteiger partial charge in [0.2, 0.25) is 0 Å². The van der Waals surface area contributed by atoms with E-state index in [1.807, 2.05) is 11.2 Å². The van der Waals surface area contributed by atoms with Crippen LogP contribution in [0.4, 0.5) is 22.0 Å². The molecule has 4 aromatic rings. The van der Waals surface area contributed by atoms with Crippen molar-refractivity contribution in [3.8, 4) is 28.5 Å². The van der Waals surface area contributed by atoms with Gasteiger partial charge in [0.15, 0.2) is 11.2 Å². The average Bonchev–Trinajstić information content (AvgIpc) is 3.19. The van der Waals surface area contributed by atoms with Crippen molar-refractivity contribution in [1.29, 1.82) is 5.26 Å². The quantitative estimate of drug-likeness (QED) is 0.332. The smallest absolute Gasteiger partial charge is 0.433 e. The Balaban J connectivity index is 2.16. The number of carbonyl (C=O) groups excluding carboxylic acids is 1. The second-order valence-corrected chi connectivity index (χ2v) is 7.19. The van der Waals surface area contributed by atoms with Crippen molar-refractivity contribution in [3.63, 3.8) is 0 Å². The minimum atomic E-state index is -5.10. The molecule has 7 nitrogen and oxygen atoms in total. The minimum absolute atomic E-state index is 0.118. The lowest BCUT2D eigenvalue weighted by atomic mass is 10.0. The number of benzene rings is 2. The standard InChI is InChI=1S/C23H13F5N4O3/c1-2-35-22(34)17-18(12-5-3-11(10-29)4-6-12)30-20-16(14-8-7-13(24)9-15(14)25)19(23(26,27)28)31-32(20)21(17)33/h3-9,31H,2H2,1H3. The van der Waals surface area contributed by atoms with E-state index in [2.05, 4.69) is 4.98 Å². The highest BCUT2D eigenvalue weighted by molar-refractivity contribution is 5.97. The van der Waals surface area contributed by atoms with Gasteiger partial charge in [-0.3, -0.25) is 9.89 Å². The van der Waals surface area contributed by atoms with E-state index >= 15 is 0 Å². The van der Waals surface area contributed by atoms with Crippen LogP contribution < -0.4 is 5.56 Å². The SMILES string of the molecule is CCOC(=O)c1c(-c2ccc(C#N)cc2)nc2c(-c3ccc(F)cc3F)c(C(F)(F)F)[nH]n2c1=O. The van der Waals surface area contributed by atoms with Crippen LogP contribution >= 0.6 is 0 Å². The van der Waals surface area contributed by atoms with Crippen LogP contribution in [-0.4, -0.2) is 27.2 Å². The third kappa shape index (κ3) is 4.12. The predicted octanol–water partition coefficient (Wildman–Crippen LogP) is 4.70. The van der Waals surface area contributed by atoms with Gasteiger partial charge in [-0.2, -0.15) is 22.9 Å². The number of esters is 1. The van der Waals surface area contributed by atoms with E-state index in [1.54, 1.807) is 0 Å². The normalized spacial score (nSPS) is 11.5. The van der Waals surface area contributed by atoms with Crippen molar-refractivity contribution in [3.05, 3.63) is 81.3 Å². The van der Waals surface area contributed by atoms with Crippen molar-refractivity contribution in [2.24, 2.45) is 0 Å². The number of nitriles is 1. The molecule has 0 atom stereocenters. The Morgan fingerprint density at radius 3 is 2.43 bits per heavy atom. The molecule has 0 aliphatic carbocycles. The molecule has 0 aliphatic heterocycles. The number of halogens is 5. The minimum Gasteiger partial charge on any atom is -0.462 e. The third-order valence-electron chi connectivity index (χ3n) is 5.03. The first-order valence-electron chi connectivity index (χ1n) is 9.95. The highest BCUT2D eigenvalue weighted by Crippen LogP contribution is 2.39. The molecule has 2 aromatic carbocycles. The molecule has 0 bridgehead atoms. The van der Waals surface area contributed by atoms with Crippen molar-refractivity contribution in [1.82, 2.24) is 14.6 Å². The fraction of sp³-hybridized carbons (Fsp3) is 0.130. The summed E-state index contributed by atoms with van der Waals surface area (Å²) in [7, 11) is 0. The molecular formula is C23H13F5N4O3. The van der Waals surface area contributed by atoms with E-state index in [1.165, 1.54) is 31.2 Å². The summed E-state index contributed by atoms with van der Waals surface area (Å²) in [5.41, 5.74) is -5.58. The molecule has 1 N–H and O–H groups in total. The monoisotopic (exact) mass is 488 g/mol. The van der Waals surface area contributed by atoms with Gasteiger partial charge >= 0.3 is 12.1 Å². The van der Waals surface area contributed by atoms with E-state index in [-0.39, 0.29) is 23.4 Å². The van der Waals surface area contributed by atoms with Crippen molar-refractivity contribution >= 4 is 11.6 Å². The molecule has 35 heavy (non-hydrogen) atoms.